The number of nitrogens with one attached hydrogen (secondary N) is 1. The van der Waals surface area contributed by atoms with E-state index in [9.17, 15) is 9.59 Å². The van der Waals surface area contributed by atoms with Crippen molar-refractivity contribution in [3.63, 3.8) is 0 Å². The number of carbonyl (C=O) groups is 2. The van der Waals surface area contributed by atoms with Crippen LogP contribution in [-0.4, -0.2) is 60.9 Å². The first-order valence-electron chi connectivity index (χ1n) is 9.47. The lowest BCUT2D eigenvalue weighted by Gasteiger charge is -2.34. The summed E-state index contributed by atoms with van der Waals surface area (Å²) in [5, 5.41) is 6.95. The van der Waals surface area contributed by atoms with Crippen LogP contribution >= 0.6 is 11.3 Å². The standard InChI is InChI=1S/C19H31N3O2S/c1-3-5-16(6-4-2)18(23)20-8-9-21-10-12-22(13-11-21)19(24)17-7-14-25-15-17/h7,14-16H,3-6,8-13H2,1-2H3,(H,20,23). The van der Waals surface area contributed by atoms with Crippen molar-refractivity contribution in [1.82, 2.24) is 15.1 Å². The van der Waals surface area contributed by atoms with E-state index in [1.54, 1.807) is 11.3 Å². The minimum atomic E-state index is 0.135. The molecule has 0 aliphatic carbocycles. The van der Waals surface area contributed by atoms with Crippen LogP contribution < -0.4 is 5.32 Å². The van der Waals surface area contributed by atoms with Gasteiger partial charge in [-0.2, -0.15) is 11.3 Å². The Bertz CT molecular complexity index is 519. The summed E-state index contributed by atoms with van der Waals surface area (Å²) in [6.45, 7) is 9.09. The van der Waals surface area contributed by atoms with E-state index in [0.717, 1.165) is 64.0 Å². The summed E-state index contributed by atoms with van der Waals surface area (Å²) in [7, 11) is 0. The number of piperazine rings is 1. The minimum absolute atomic E-state index is 0.135. The number of thiophene rings is 1. The Labute approximate surface area is 155 Å². The average molecular weight is 366 g/mol. The fourth-order valence-electron chi connectivity index (χ4n) is 3.33. The first-order chi connectivity index (χ1) is 12.2. The van der Waals surface area contributed by atoms with Crippen LogP contribution in [0, 0.1) is 5.92 Å². The number of amides is 2. The molecule has 0 saturated carbocycles. The molecule has 0 aromatic carbocycles. The first-order valence-corrected chi connectivity index (χ1v) is 10.4. The van der Waals surface area contributed by atoms with E-state index < -0.39 is 0 Å². The predicted octanol–water partition coefficient (Wildman–Crippen LogP) is 2.84. The van der Waals surface area contributed by atoms with E-state index in [1.165, 1.54) is 0 Å². The molecule has 1 aromatic rings. The van der Waals surface area contributed by atoms with Crippen LogP contribution in [0.25, 0.3) is 0 Å². The van der Waals surface area contributed by atoms with Gasteiger partial charge < -0.3 is 10.2 Å². The molecular formula is C19H31N3O2S. The van der Waals surface area contributed by atoms with Crippen molar-refractivity contribution in [3.05, 3.63) is 22.4 Å². The monoisotopic (exact) mass is 365 g/mol. The average Bonchev–Trinajstić information content (AvgIpc) is 3.16. The fourth-order valence-corrected chi connectivity index (χ4v) is 3.96. The van der Waals surface area contributed by atoms with Crippen molar-refractivity contribution >= 4 is 23.2 Å². The maximum Gasteiger partial charge on any atom is 0.254 e. The third-order valence-electron chi connectivity index (χ3n) is 4.80. The molecule has 0 atom stereocenters. The molecule has 1 saturated heterocycles. The number of nitrogens with zero attached hydrogens (tertiary/aromatic N) is 2. The quantitative estimate of drug-likeness (QED) is 0.732. The van der Waals surface area contributed by atoms with Crippen molar-refractivity contribution in [2.24, 2.45) is 5.92 Å². The molecule has 2 heterocycles. The van der Waals surface area contributed by atoms with Crippen molar-refractivity contribution < 1.29 is 9.59 Å². The molecule has 5 nitrogen and oxygen atoms in total. The van der Waals surface area contributed by atoms with Crippen molar-refractivity contribution in [3.8, 4) is 0 Å². The highest BCUT2D eigenvalue weighted by atomic mass is 32.1. The Morgan fingerprint density at radius 2 is 1.84 bits per heavy atom. The van der Waals surface area contributed by atoms with Gasteiger partial charge in [-0.1, -0.05) is 26.7 Å². The second kappa shape index (κ2) is 10.6. The van der Waals surface area contributed by atoms with Gasteiger partial charge in [0.05, 0.1) is 5.56 Å². The molecule has 0 spiro atoms. The van der Waals surface area contributed by atoms with Crippen LogP contribution in [0.15, 0.2) is 16.8 Å². The maximum atomic E-state index is 12.3. The fraction of sp³-hybridized carbons (Fsp3) is 0.684. The van der Waals surface area contributed by atoms with Gasteiger partial charge in [0.1, 0.15) is 0 Å². The van der Waals surface area contributed by atoms with E-state index in [0.29, 0.717) is 6.54 Å². The molecule has 2 amide bonds. The largest absolute Gasteiger partial charge is 0.355 e. The van der Waals surface area contributed by atoms with Gasteiger partial charge in [0.25, 0.3) is 5.91 Å². The molecule has 1 aliphatic rings. The van der Waals surface area contributed by atoms with Gasteiger partial charge in [-0.05, 0) is 24.3 Å². The summed E-state index contributed by atoms with van der Waals surface area (Å²) in [5.41, 5.74) is 0.795. The van der Waals surface area contributed by atoms with Gasteiger partial charge in [0, 0.05) is 50.6 Å². The van der Waals surface area contributed by atoms with Crippen LogP contribution in [0.1, 0.15) is 49.9 Å². The molecule has 25 heavy (non-hydrogen) atoms. The zero-order valence-electron chi connectivity index (χ0n) is 15.5. The van der Waals surface area contributed by atoms with Gasteiger partial charge >= 0.3 is 0 Å². The lowest BCUT2D eigenvalue weighted by molar-refractivity contribution is -0.125. The summed E-state index contributed by atoms with van der Waals surface area (Å²) < 4.78 is 0. The molecule has 1 aromatic heterocycles. The number of carbonyl (C=O) groups excluding carboxylic acids is 2. The normalized spacial score (nSPS) is 15.6. The van der Waals surface area contributed by atoms with Crippen molar-refractivity contribution in [2.45, 2.75) is 39.5 Å². The summed E-state index contributed by atoms with van der Waals surface area (Å²) in [6, 6.07) is 1.89. The topological polar surface area (TPSA) is 52.7 Å². The van der Waals surface area contributed by atoms with E-state index in [1.807, 2.05) is 21.7 Å². The third kappa shape index (κ3) is 6.12. The van der Waals surface area contributed by atoms with Gasteiger partial charge in [-0.3, -0.25) is 14.5 Å². The Balaban J connectivity index is 1.66. The number of hydrogen-bond donors (Lipinski definition) is 1. The second-order valence-corrected chi connectivity index (χ2v) is 7.49. The Hall–Kier alpha value is -1.40. The SMILES string of the molecule is CCCC(CCC)C(=O)NCCN1CCN(C(=O)c2ccsc2)CC1. The van der Waals surface area contributed by atoms with Crippen LogP contribution in [0.4, 0.5) is 0 Å². The van der Waals surface area contributed by atoms with Gasteiger partial charge in [-0.25, -0.2) is 0 Å². The third-order valence-corrected chi connectivity index (χ3v) is 5.48. The van der Waals surface area contributed by atoms with Crippen LogP contribution in [-0.2, 0) is 4.79 Å². The van der Waals surface area contributed by atoms with Crippen LogP contribution in [0.2, 0.25) is 0 Å². The smallest absolute Gasteiger partial charge is 0.254 e. The molecular weight excluding hydrogens is 334 g/mol. The molecule has 6 heteroatoms. The first kappa shape index (κ1) is 19.9. The van der Waals surface area contributed by atoms with Crippen molar-refractivity contribution in [1.29, 1.82) is 0 Å². The molecule has 1 fully saturated rings. The summed E-state index contributed by atoms with van der Waals surface area (Å²) >= 11 is 1.56. The van der Waals surface area contributed by atoms with E-state index in [4.69, 9.17) is 0 Å². The predicted molar refractivity (Wildman–Crippen MR) is 103 cm³/mol. The highest BCUT2D eigenvalue weighted by molar-refractivity contribution is 7.08. The zero-order valence-corrected chi connectivity index (χ0v) is 16.3. The minimum Gasteiger partial charge on any atom is -0.355 e. The summed E-state index contributed by atoms with van der Waals surface area (Å²) in [4.78, 5) is 28.8. The van der Waals surface area contributed by atoms with E-state index in [2.05, 4.69) is 24.1 Å². The van der Waals surface area contributed by atoms with E-state index in [-0.39, 0.29) is 17.7 Å². The van der Waals surface area contributed by atoms with Gasteiger partial charge in [0.15, 0.2) is 0 Å². The zero-order chi connectivity index (χ0) is 18.1. The Kier molecular flexibility index (Phi) is 8.41. The molecule has 140 valence electrons. The van der Waals surface area contributed by atoms with Crippen LogP contribution in [0.3, 0.4) is 0 Å². The highest BCUT2D eigenvalue weighted by Crippen LogP contribution is 2.14. The Morgan fingerprint density at radius 3 is 2.40 bits per heavy atom. The molecule has 0 bridgehead atoms. The maximum absolute atomic E-state index is 12.3. The lowest BCUT2D eigenvalue weighted by Crippen LogP contribution is -2.50. The molecule has 1 N–H and O–H groups in total. The highest BCUT2D eigenvalue weighted by Gasteiger charge is 2.22. The number of hydrogen-bond acceptors (Lipinski definition) is 4. The van der Waals surface area contributed by atoms with E-state index >= 15 is 0 Å². The van der Waals surface area contributed by atoms with Crippen LogP contribution in [0.5, 0.6) is 0 Å². The molecule has 0 unspecified atom stereocenters. The lowest BCUT2D eigenvalue weighted by atomic mass is 9.97. The molecule has 0 radical (unpaired) electrons. The van der Waals surface area contributed by atoms with Gasteiger partial charge in [0.2, 0.25) is 5.91 Å². The number of rotatable bonds is 9. The second-order valence-electron chi connectivity index (χ2n) is 6.71. The summed E-state index contributed by atoms with van der Waals surface area (Å²) in [6.07, 6.45) is 4.06. The van der Waals surface area contributed by atoms with Crippen molar-refractivity contribution in [2.75, 3.05) is 39.3 Å². The summed E-state index contributed by atoms with van der Waals surface area (Å²) in [5.74, 6) is 0.501. The van der Waals surface area contributed by atoms with Gasteiger partial charge in [-0.15, -0.1) is 0 Å². The molecule has 2 rings (SSSR count). The Morgan fingerprint density at radius 1 is 1.16 bits per heavy atom. The molecule has 1 aliphatic heterocycles.